The number of hydrazone groups is 1. The molecule has 1 aliphatic rings. The minimum atomic E-state index is -0.148. The maximum atomic E-state index is 13.4. The van der Waals surface area contributed by atoms with Gasteiger partial charge < -0.3 is 4.74 Å². The van der Waals surface area contributed by atoms with Gasteiger partial charge in [0.25, 0.3) is 5.91 Å². The molecule has 0 aliphatic carbocycles. The van der Waals surface area contributed by atoms with Gasteiger partial charge in [-0.3, -0.25) is 4.79 Å². The van der Waals surface area contributed by atoms with Gasteiger partial charge in [0.05, 0.1) is 11.3 Å². The number of anilines is 1. The highest BCUT2D eigenvalue weighted by Crippen LogP contribution is 2.28. The second-order valence-corrected chi connectivity index (χ2v) is 8.17. The Kier molecular flexibility index (Phi) is 6.04. The highest BCUT2D eigenvalue weighted by Gasteiger charge is 2.31. The number of ether oxygens (including phenoxy) is 1. The van der Waals surface area contributed by atoms with E-state index in [2.05, 4.69) is 36.3 Å². The Morgan fingerprint density at radius 3 is 2.12 bits per heavy atom. The Morgan fingerprint density at radius 1 is 0.794 bits per heavy atom. The summed E-state index contributed by atoms with van der Waals surface area (Å²) in [5, 5.41) is 6.15. The summed E-state index contributed by atoms with van der Waals surface area (Å²) in [6, 6.07) is 35.3. The van der Waals surface area contributed by atoms with E-state index >= 15 is 0 Å². The number of carbonyl (C=O) groups excluding carboxylic acids is 1. The molecule has 1 amide bonds. The van der Waals surface area contributed by atoms with Crippen LogP contribution in [0.15, 0.2) is 120 Å². The number of hydrogen-bond acceptors (Lipinski definition) is 3. The van der Waals surface area contributed by atoms with E-state index in [4.69, 9.17) is 4.74 Å². The SMILES string of the molecule is Cc1ccc(COc2ccc(/C=C3\C(=O)N(c4ccccc4)N=C3c3ccccc3)cc2)cc1. The number of hydrogen-bond donors (Lipinski definition) is 0. The molecule has 166 valence electrons. The molecule has 1 aliphatic heterocycles. The van der Waals surface area contributed by atoms with E-state index in [9.17, 15) is 4.79 Å². The van der Waals surface area contributed by atoms with Crippen molar-refractivity contribution in [3.8, 4) is 5.75 Å². The maximum Gasteiger partial charge on any atom is 0.281 e. The predicted molar refractivity (Wildman–Crippen MR) is 137 cm³/mol. The summed E-state index contributed by atoms with van der Waals surface area (Å²) in [7, 11) is 0. The Bertz CT molecular complexity index is 1340. The van der Waals surface area contributed by atoms with Gasteiger partial charge in [0, 0.05) is 5.56 Å². The molecule has 0 saturated carbocycles. The second-order valence-electron chi connectivity index (χ2n) is 8.17. The average Bonchev–Trinajstić information content (AvgIpc) is 3.21. The molecule has 0 unspecified atom stereocenters. The highest BCUT2D eigenvalue weighted by molar-refractivity contribution is 6.37. The molecule has 4 heteroatoms. The standard InChI is InChI=1S/C30H24N2O2/c1-22-12-14-24(15-13-22)21-34-27-18-16-23(17-19-27)20-28-29(25-8-4-2-5-9-25)31-32(30(28)33)26-10-6-3-7-11-26/h2-20H,21H2,1H3/b28-20-. The van der Waals surface area contributed by atoms with Crippen molar-refractivity contribution in [2.45, 2.75) is 13.5 Å². The summed E-state index contributed by atoms with van der Waals surface area (Å²) in [6.45, 7) is 2.58. The molecule has 4 nitrogen and oxygen atoms in total. The Hall–Kier alpha value is -4.44. The fourth-order valence-electron chi connectivity index (χ4n) is 3.78. The lowest BCUT2D eigenvalue weighted by molar-refractivity contribution is -0.114. The summed E-state index contributed by atoms with van der Waals surface area (Å²) in [4.78, 5) is 13.4. The second kappa shape index (κ2) is 9.59. The summed E-state index contributed by atoms with van der Waals surface area (Å²) in [6.07, 6.45) is 1.89. The molecule has 0 saturated heterocycles. The minimum absolute atomic E-state index is 0.148. The molecule has 0 radical (unpaired) electrons. The van der Waals surface area contributed by atoms with Gasteiger partial charge in [0.1, 0.15) is 18.1 Å². The van der Waals surface area contributed by atoms with Gasteiger partial charge in [-0.25, -0.2) is 0 Å². The maximum absolute atomic E-state index is 13.4. The summed E-state index contributed by atoms with van der Waals surface area (Å²) in [5.74, 6) is 0.632. The number of benzene rings is 4. The smallest absolute Gasteiger partial charge is 0.281 e. The van der Waals surface area contributed by atoms with Gasteiger partial charge in [-0.1, -0.05) is 90.5 Å². The van der Waals surface area contributed by atoms with Crippen molar-refractivity contribution in [3.63, 3.8) is 0 Å². The first-order chi connectivity index (χ1) is 16.7. The van der Waals surface area contributed by atoms with E-state index in [0.717, 1.165) is 28.1 Å². The van der Waals surface area contributed by atoms with Gasteiger partial charge in [0.15, 0.2) is 0 Å². The van der Waals surface area contributed by atoms with Crippen LogP contribution in [0, 0.1) is 6.92 Å². The molecule has 0 bridgehead atoms. The fraction of sp³-hybridized carbons (Fsp3) is 0.0667. The third-order valence-corrected chi connectivity index (χ3v) is 5.64. The van der Waals surface area contributed by atoms with E-state index in [1.54, 1.807) is 0 Å². The van der Waals surface area contributed by atoms with Crippen LogP contribution in [0.3, 0.4) is 0 Å². The molecule has 4 aromatic rings. The van der Waals surface area contributed by atoms with Crippen LogP contribution in [0.4, 0.5) is 5.69 Å². The van der Waals surface area contributed by atoms with Crippen LogP contribution in [-0.2, 0) is 11.4 Å². The molecule has 0 spiro atoms. The zero-order valence-electron chi connectivity index (χ0n) is 18.9. The largest absolute Gasteiger partial charge is 0.489 e. The lowest BCUT2D eigenvalue weighted by atomic mass is 10.0. The van der Waals surface area contributed by atoms with Crippen molar-refractivity contribution in [1.29, 1.82) is 0 Å². The van der Waals surface area contributed by atoms with E-state index in [1.165, 1.54) is 10.6 Å². The molecule has 5 rings (SSSR count). The summed E-state index contributed by atoms with van der Waals surface area (Å²) < 4.78 is 5.92. The van der Waals surface area contributed by atoms with Crippen LogP contribution in [0.2, 0.25) is 0 Å². The zero-order chi connectivity index (χ0) is 23.3. The van der Waals surface area contributed by atoms with Crippen LogP contribution < -0.4 is 9.75 Å². The number of carbonyl (C=O) groups is 1. The van der Waals surface area contributed by atoms with Gasteiger partial charge in [-0.2, -0.15) is 10.1 Å². The highest BCUT2D eigenvalue weighted by atomic mass is 16.5. The molecule has 0 fully saturated rings. The lowest BCUT2D eigenvalue weighted by Crippen LogP contribution is -2.21. The average molecular weight is 445 g/mol. The van der Waals surface area contributed by atoms with Crippen molar-refractivity contribution in [1.82, 2.24) is 0 Å². The fourth-order valence-corrected chi connectivity index (χ4v) is 3.78. The van der Waals surface area contributed by atoms with Crippen molar-refractivity contribution >= 4 is 23.4 Å². The predicted octanol–water partition coefficient (Wildman–Crippen LogP) is 6.41. The van der Waals surface area contributed by atoms with Gasteiger partial charge in [-0.15, -0.1) is 0 Å². The number of para-hydroxylation sites is 1. The summed E-state index contributed by atoms with van der Waals surface area (Å²) in [5.41, 5.74) is 6.12. The van der Waals surface area contributed by atoms with Gasteiger partial charge in [-0.05, 0) is 48.4 Å². The van der Waals surface area contributed by atoms with Crippen LogP contribution in [0.5, 0.6) is 5.75 Å². The van der Waals surface area contributed by atoms with Crippen molar-refractivity contribution in [2.24, 2.45) is 5.10 Å². The van der Waals surface area contributed by atoms with E-state index < -0.39 is 0 Å². The molecule has 0 atom stereocenters. The lowest BCUT2D eigenvalue weighted by Gasteiger charge is -2.11. The van der Waals surface area contributed by atoms with Crippen LogP contribution in [0.25, 0.3) is 6.08 Å². The van der Waals surface area contributed by atoms with Crippen LogP contribution in [0.1, 0.15) is 22.3 Å². The van der Waals surface area contributed by atoms with E-state index in [-0.39, 0.29) is 5.91 Å². The minimum Gasteiger partial charge on any atom is -0.489 e. The van der Waals surface area contributed by atoms with Crippen molar-refractivity contribution in [3.05, 3.63) is 137 Å². The van der Waals surface area contributed by atoms with Gasteiger partial charge >= 0.3 is 0 Å². The van der Waals surface area contributed by atoms with Crippen LogP contribution >= 0.6 is 0 Å². The molecular weight excluding hydrogens is 420 g/mol. The quantitative estimate of drug-likeness (QED) is 0.323. The molecule has 0 N–H and O–H groups in total. The Balaban J connectivity index is 1.40. The van der Waals surface area contributed by atoms with Crippen LogP contribution in [-0.4, -0.2) is 11.6 Å². The molecule has 34 heavy (non-hydrogen) atoms. The Labute approximate surface area is 199 Å². The number of nitrogens with zero attached hydrogens (tertiary/aromatic N) is 2. The third kappa shape index (κ3) is 4.66. The first-order valence-electron chi connectivity index (χ1n) is 11.2. The Morgan fingerprint density at radius 2 is 1.44 bits per heavy atom. The molecule has 4 aromatic carbocycles. The normalized spacial score (nSPS) is 14.4. The number of aryl methyl sites for hydroxylation is 1. The first-order valence-corrected chi connectivity index (χ1v) is 11.2. The van der Waals surface area contributed by atoms with Crippen molar-refractivity contribution in [2.75, 3.05) is 5.01 Å². The molecular formula is C30H24N2O2. The first kappa shape index (κ1) is 21.4. The number of rotatable bonds is 6. The van der Waals surface area contributed by atoms with Gasteiger partial charge in [0.2, 0.25) is 0 Å². The summed E-state index contributed by atoms with van der Waals surface area (Å²) >= 11 is 0. The topological polar surface area (TPSA) is 41.9 Å². The molecule has 0 aromatic heterocycles. The number of amides is 1. The van der Waals surface area contributed by atoms with E-state index in [0.29, 0.717) is 17.9 Å². The monoisotopic (exact) mass is 444 g/mol. The van der Waals surface area contributed by atoms with E-state index in [1.807, 2.05) is 91.0 Å². The third-order valence-electron chi connectivity index (χ3n) is 5.64. The molecule has 1 heterocycles. The van der Waals surface area contributed by atoms with Crippen molar-refractivity contribution < 1.29 is 9.53 Å². The zero-order valence-corrected chi connectivity index (χ0v) is 18.9.